The molecule has 0 amide bonds. The standard InChI is InChI=1S/C16H10F4N2S/c17-10-3-1-9(2-4-10)15-5-11(8-21-15)23-22-16-7-13(19)12(18)6-14(16)20/h1-8,21-22H. The van der Waals surface area contributed by atoms with Crippen molar-refractivity contribution in [2.24, 2.45) is 0 Å². The molecule has 0 saturated heterocycles. The van der Waals surface area contributed by atoms with Gasteiger partial charge < -0.3 is 9.71 Å². The fraction of sp³-hybridized carbons (Fsp3) is 0. The predicted octanol–water partition coefficient (Wildman–Crippen LogP) is 5.36. The van der Waals surface area contributed by atoms with Gasteiger partial charge >= 0.3 is 0 Å². The number of H-pyrrole nitrogens is 1. The first-order valence-corrected chi connectivity index (χ1v) is 7.36. The topological polar surface area (TPSA) is 27.8 Å². The molecule has 3 aromatic rings. The van der Waals surface area contributed by atoms with Crippen molar-refractivity contribution in [3.8, 4) is 11.3 Å². The van der Waals surface area contributed by atoms with Crippen LogP contribution in [-0.4, -0.2) is 4.98 Å². The zero-order valence-corrected chi connectivity index (χ0v) is 12.4. The fourth-order valence-electron chi connectivity index (χ4n) is 1.94. The Balaban J connectivity index is 1.72. The van der Waals surface area contributed by atoms with Crippen molar-refractivity contribution >= 4 is 17.6 Å². The van der Waals surface area contributed by atoms with Gasteiger partial charge in [0, 0.05) is 28.9 Å². The van der Waals surface area contributed by atoms with E-state index in [1.807, 2.05) is 0 Å². The van der Waals surface area contributed by atoms with Gasteiger partial charge in [-0.25, -0.2) is 17.6 Å². The van der Waals surface area contributed by atoms with Crippen molar-refractivity contribution in [3.05, 3.63) is 71.9 Å². The molecular weight excluding hydrogens is 328 g/mol. The van der Waals surface area contributed by atoms with Crippen LogP contribution in [0.3, 0.4) is 0 Å². The maximum atomic E-state index is 13.5. The second kappa shape index (κ2) is 6.37. The minimum Gasteiger partial charge on any atom is -0.360 e. The molecule has 0 saturated carbocycles. The average molecular weight is 338 g/mol. The van der Waals surface area contributed by atoms with E-state index in [1.165, 1.54) is 12.1 Å². The van der Waals surface area contributed by atoms with Crippen molar-refractivity contribution in [2.75, 3.05) is 4.72 Å². The van der Waals surface area contributed by atoms with Crippen molar-refractivity contribution < 1.29 is 17.6 Å². The molecule has 2 N–H and O–H groups in total. The zero-order chi connectivity index (χ0) is 16.4. The highest BCUT2D eigenvalue weighted by Gasteiger charge is 2.10. The summed E-state index contributed by atoms with van der Waals surface area (Å²) < 4.78 is 55.0. The highest BCUT2D eigenvalue weighted by molar-refractivity contribution is 8.00. The molecule has 1 aromatic heterocycles. The van der Waals surface area contributed by atoms with E-state index in [0.29, 0.717) is 11.0 Å². The number of halogens is 4. The summed E-state index contributed by atoms with van der Waals surface area (Å²) in [6.07, 6.45) is 1.66. The second-order valence-corrected chi connectivity index (χ2v) is 5.59. The highest BCUT2D eigenvalue weighted by atomic mass is 32.2. The molecule has 0 unspecified atom stereocenters. The normalized spacial score (nSPS) is 10.8. The minimum atomic E-state index is -1.24. The molecule has 0 aliphatic heterocycles. The van der Waals surface area contributed by atoms with Gasteiger partial charge in [-0.15, -0.1) is 0 Å². The lowest BCUT2D eigenvalue weighted by atomic mass is 10.1. The van der Waals surface area contributed by atoms with E-state index in [9.17, 15) is 17.6 Å². The van der Waals surface area contributed by atoms with E-state index in [1.54, 1.807) is 24.4 Å². The third kappa shape index (κ3) is 3.50. The van der Waals surface area contributed by atoms with Gasteiger partial charge in [0.25, 0.3) is 0 Å². The van der Waals surface area contributed by atoms with Crippen LogP contribution in [0.25, 0.3) is 11.3 Å². The lowest BCUT2D eigenvalue weighted by molar-refractivity contribution is 0.496. The zero-order valence-electron chi connectivity index (χ0n) is 11.5. The first-order chi connectivity index (χ1) is 11.0. The summed E-state index contributed by atoms with van der Waals surface area (Å²) in [5, 5.41) is 0. The number of benzene rings is 2. The third-order valence-corrected chi connectivity index (χ3v) is 3.89. The van der Waals surface area contributed by atoms with Gasteiger partial charge in [0.1, 0.15) is 11.6 Å². The summed E-state index contributed by atoms with van der Waals surface area (Å²) in [5.41, 5.74) is 1.38. The van der Waals surface area contributed by atoms with Crippen molar-refractivity contribution in [1.29, 1.82) is 0 Å². The van der Waals surface area contributed by atoms with Crippen LogP contribution in [-0.2, 0) is 0 Å². The summed E-state index contributed by atoms with van der Waals surface area (Å²) >= 11 is 1.04. The van der Waals surface area contributed by atoms with E-state index in [0.717, 1.165) is 29.3 Å². The first-order valence-electron chi connectivity index (χ1n) is 6.54. The number of hydrogen-bond donors (Lipinski definition) is 2. The lowest BCUT2D eigenvalue weighted by Crippen LogP contribution is -1.94. The monoisotopic (exact) mass is 338 g/mol. The highest BCUT2D eigenvalue weighted by Crippen LogP contribution is 2.28. The molecule has 1 heterocycles. The van der Waals surface area contributed by atoms with Crippen LogP contribution in [0.4, 0.5) is 23.2 Å². The molecule has 0 spiro atoms. The van der Waals surface area contributed by atoms with Gasteiger partial charge in [-0.2, -0.15) is 0 Å². The smallest absolute Gasteiger partial charge is 0.161 e. The summed E-state index contributed by atoms with van der Waals surface area (Å²) in [6, 6.07) is 8.94. The number of nitrogens with one attached hydrogen (secondary N) is 2. The molecule has 0 atom stereocenters. The third-order valence-electron chi connectivity index (χ3n) is 3.10. The fourth-order valence-corrected chi connectivity index (χ4v) is 2.62. The molecule has 2 nitrogen and oxygen atoms in total. The van der Waals surface area contributed by atoms with Crippen LogP contribution in [0.5, 0.6) is 0 Å². The Morgan fingerprint density at radius 2 is 1.52 bits per heavy atom. The number of hydrogen-bond acceptors (Lipinski definition) is 2. The Hall–Kier alpha value is -2.41. The van der Waals surface area contributed by atoms with Crippen molar-refractivity contribution in [2.45, 2.75) is 4.90 Å². The molecule has 3 rings (SSSR count). The molecule has 0 fully saturated rings. The van der Waals surface area contributed by atoms with Gasteiger partial charge in [0.2, 0.25) is 0 Å². The van der Waals surface area contributed by atoms with Crippen molar-refractivity contribution in [3.63, 3.8) is 0 Å². The summed E-state index contributed by atoms with van der Waals surface area (Å²) in [5.74, 6) is -3.58. The van der Waals surface area contributed by atoms with Crippen LogP contribution >= 0.6 is 11.9 Å². The van der Waals surface area contributed by atoms with Gasteiger partial charge in [0.05, 0.1) is 5.69 Å². The molecule has 7 heteroatoms. The molecule has 23 heavy (non-hydrogen) atoms. The van der Waals surface area contributed by atoms with Crippen LogP contribution in [0, 0.1) is 23.3 Å². The minimum absolute atomic E-state index is 0.154. The lowest BCUT2D eigenvalue weighted by Gasteiger charge is -2.05. The SMILES string of the molecule is Fc1ccc(-c2cc(SNc3cc(F)c(F)cc3F)c[nH]2)cc1. The van der Waals surface area contributed by atoms with E-state index < -0.39 is 17.5 Å². The maximum Gasteiger partial charge on any atom is 0.161 e. The Labute approximate surface area is 133 Å². The summed E-state index contributed by atoms with van der Waals surface area (Å²) in [4.78, 5) is 3.70. The van der Waals surface area contributed by atoms with E-state index >= 15 is 0 Å². The van der Waals surface area contributed by atoms with E-state index in [-0.39, 0.29) is 11.5 Å². The molecule has 118 valence electrons. The van der Waals surface area contributed by atoms with Crippen LogP contribution in [0.15, 0.2) is 53.6 Å². The number of aromatic amines is 1. The van der Waals surface area contributed by atoms with Gasteiger partial charge in [-0.3, -0.25) is 0 Å². The van der Waals surface area contributed by atoms with Gasteiger partial charge in [0.15, 0.2) is 11.6 Å². The first kappa shape index (κ1) is 15.5. The maximum absolute atomic E-state index is 13.5. The average Bonchev–Trinajstić information content (AvgIpc) is 2.99. The molecular formula is C16H10F4N2S. The number of anilines is 1. The summed E-state index contributed by atoms with van der Waals surface area (Å²) in [7, 11) is 0. The largest absolute Gasteiger partial charge is 0.360 e. The molecule has 0 aliphatic carbocycles. The van der Waals surface area contributed by atoms with Crippen LogP contribution < -0.4 is 4.72 Å². The van der Waals surface area contributed by atoms with E-state index in [4.69, 9.17) is 0 Å². The Morgan fingerprint density at radius 3 is 2.26 bits per heavy atom. The predicted molar refractivity (Wildman–Crippen MR) is 82.0 cm³/mol. The van der Waals surface area contributed by atoms with E-state index in [2.05, 4.69) is 9.71 Å². The van der Waals surface area contributed by atoms with Gasteiger partial charge in [-0.05, 0) is 47.8 Å². The Bertz CT molecular complexity index is 831. The molecule has 2 aromatic carbocycles. The molecule has 0 radical (unpaired) electrons. The number of aromatic nitrogens is 1. The second-order valence-electron chi connectivity index (χ2n) is 4.71. The number of rotatable bonds is 4. The van der Waals surface area contributed by atoms with Gasteiger partial charge in [-0.1, -0.05) is 0 Å². The molecule has 0 aliphatic rings. The summed E-state index contributed by atoms with van der Waals surface area (Å²) in [6.45, 7) is 0. The quantitative estimate of drug-likeness (QED) is 0.381. The molecule has 0 bridgehead atoms. The van der Waals surface area contributed by atoms with Crippen LogP contribution in [0.2, 0.25) is 0 Å². The van der Waals surface area contributed by atoms with Crippen LogP contribution in [0.1, 0.15) is 0 Å². The van der Waals surface area contributed by atoms with Crippen molar-refractivity contribution in [1.82, 2.24) is 4.98 Å². The Kier molecular flexibility index (Phi) is 4.29. The Morgan fingerprint density at radius 1 is 0.826 bits per heavy atom.